The van der Waals surface area contributed by atoms with Crippen LogP contribution in [0.4, 0.5) is 0 Å². The number of hydrogen-bond acceptors (Lipinski definition) is 4. The monoisotopic (exact) mass is 331 g/mol. The Balaban J connectivity index is 1.93. The zero-order valence-corrected chi connectivity index (χ0v) is 15.1. The third-order valence-corrected chi connectivity index (χ3v) is 4.86. The zero-order valence-electron chi connectivity index (χ0n) is 14.3. The average Bonchev–Trinajstić information content (AvgIpc) is 2.96. The molecule has 0 saturated heterocycles. The average molecular weight is 331 g/mol. The van der Waals surface area contributed by atoms with E-state index in [9.17, 15) is 4.79 Å². The van der Waals surface area contributed by atoms with Gasteiger partial charge in [-0.25, -0.2) is 4.98 Å². The Morgan fingerprint density at radius 3 is 2.57 bits per heavy atom. The summed E-state index contributed by atoms with van der Waals surface area (Å²) in [6, 6.07) is 8.63. The number of likely N-dealkylation sites (N-methyl/N-ethyl adjacent to an activating group) is 1. The lowest BCUT2D eigenvalue weighted by Gasteiger charge is -2.25. The molecule has 1 unspecified atom stereocenters. The van der Waals surface area contributed by atoms with Crippen molar-refractivity contribution in [3.05, 3.63) is 51.5 Å². The highest BCUT2D eigenvalue weighted by molar-refractivity contribution is 7.09. The van der Waals surface area contributed by atoms with Gasteiger partial charge in [-0.05, 0) is 33.0 Å². The topological polar surface area (TPSA) is 45.2 Å². The quantitative estimate of drug-likeness (QED) is 0.848. The summed E-state index contributed by atoms with van der Waals surface area (Å²) in [5.74, 6) is 0.0249. The van der Waals surface area contributed by atoms with Gasteiger partial charge in [0.25, 0.3) is 0 Å². The maximum atomic E-state index is 12.2. The van der Waals surface area contributed by atoms with E-state index in [1.165, 1.54) is 11.1 Å². The van der Waals surface area contributed by atoms with Gasteiger partial charge < -0.3 is 10.2 Å². The molecule has 2 aromatic rings. The fraction of sp³-hybridized carbons (Fsp3) is 0.444. The normalized spacial score (nSPS) is 12.4. The number of carbonyl (C=O) groups is 1. The SMILES string of the molecule is CCc1nc(CC(=O)NCC(c2ccc(C)cc2)N(C)C)cs1. The van der Waals surface area contributed by atoms with Gasteiger partial charge in [-0.3, -0.25) is 4.79 Å². The highest BCUT2D eigenvalue weighted by Crippen LogP contribution is 2.18. The molecule has 4 nitrogen and oxygen atoms in total. The minimum atomic E-state index is 0.0249. The highest BCUT2D eigenvalue weighted by atomic mass is 32.1. The van der Waals surface area contributed by atoms with Crippen molar-refractivity contribution >= 4 is 17.2 Å². The van der Waals surface area contributed by atoms with Gasteiger partial charge in [0.2, 0.25) is 5.91 Å². The second-order valence-electron chi connectivity index (χ2n) is 5.96. The first-order chi connectivity index (χ1) is 11.0. The first-order valence-electron chi connectivity index (χ1n) is 7.92. The number of hydrogen-bond donors (Lipinski definition) is 1. The largest absolute Gasteiger partial charge is 0.354 e. The van der Waals surface area contributed by atoms with Crippen molar-refractivity contribution in [2.75, 3.05) is 20.6 Å². The Labute approximate surface area is 142 Å². The van der Waals surface area contributed by atoms with Crippen LogP contribution >= 0.6 is 11.3 Å². The van der Waals surface area contributed by atoms with E-state index in [4.69, 9.17) is 0 Å². The zero-order chi connectivity index (χ0) is 16.8. The molecule has 0 bridgehead atoms. The van der Waals surface area contributed by atoms with Crippen LogP contribution in [0.3, 0.4) is 0 Å². The van der Waals surface area contributed by atoms with Crippen molar-refractivity contribution in [3.8, 4) is 0 Å². The number of nitrogens with one attached hydrogen (secondary N) is 1. The van der Waals surface area contributed by atoms with Crippen LogP contribution in [0, 0.1) is 6.92 Å². The first kappa shape index (κ1) is 17.6. The molecule has 0 saturated carbocycles. The molecule has 5 heteroatoms. The second-order valence-corrected chi connectivity index (χ2v) is 6.90. The van der Waals surface area contributed by atoms with Crippen LogP contribution in [0.25, 0.3) is 0 Å². The lowest BCUT2D eigenvalue weighted by Crippen LogP contribution is -2.35. The summed E-state index contributed by atoms with van der Waals surface area (Å²) >= 11 is 1.62. The molecule has 1 amide bonds. The smallest absolute Gasteiger partial charge is 0.226 e. The summed E-state index contributed by atoms with van der Waals surface area (Å²) in [6.07, 6.45) is 1.27. The van der Waals surface area contributed by atoms with Gasteiger partial charge in [-0.15, -0.1) is 11.3 Å². The van der Waals surface area contributed by atoms with Gasteiger partial charge in [-0.2, -0.15) is 0 Å². The number of aromatic nitrogens is 1. The predicted molar refractivity (Wildman–Crippen MR) is 95.8 cm³/mol. The number of benzene rings is 1. The number of nitrogens with zero attached hydrogens (tertiary/aromatic N) is 2. The van der Waals surface area contributed by atoms with E-state index in [2.05, 4.69) is 53.3 Å². The molecule has 0 fully saturated rings. The van der Waals surface area contributed by atoms with E-state index in [-0.39, 0.29) is 11.9 Å². The summed E-state index contributed by atoms with van der Waals surface area (Å²) in [4.78, 5) is 18.7. The molecule has 1 aromatic carbocycles. The number of thiazole rings is 1. The summed E-state index contributed by atoms with van der Waals surface area (Å²) < 4.78 is 0. The molecule has 1 atom stereocenters. The van der Waals surface area contributed by atoms with Crippen molar-refractivity contribution < 1.29 is 4.79 Å². The molecule has 0 aliphatic heterocycles. The van der Waals surface area contributed by atoms with Gasteiger partial charge in [0, 0.05) is 11.9 Å². The summed E-state index contributed by atoms with van der Waals surface area (Å²) in [6.45, 7) is 4.75. The summed E-state index contributed by atoms with van der Waals surface area (Å²) in [5, 5.41) is 6.09. The second kappa shape index (κ2) is 8.22. The predicted octanol–water partition coefficient (Wildman–Crippen LogP) is 2.98. The highest BCUT2D eigenvalue weighted by Gasteiger charge is 2.15. The van der Waals surface area contributed by atoms with Gasteiger partial charge in [-0.1, -0.05) is 36.8 Å². The number of amides is 1. The van der Waals surface area contributed by atoms with Gasteiger partial charge >= 0.3 is 0 Å². The molecule has 0 spiro atoms. The molecule has 1 aromatic heterocycles. The van der Waals surface area contributed by atoms with Crippen molar-refractivity contribution in [2.45, 2.75) is 32.7 Å². The van der Waals surface area contributed by atoms with Crippen LogP contribution in [0.2, 0.25) is 0 Å². The van der Waals surface area contributed by atoms with Crippen LogP contribution in [-0.2, 0) is 17.6 Å². The summed E-state index contributed by atoms with van der Waals surface area (Å²) in [7, 11) is 4.06. The van der Waals surface area contributed by atoms with Crippen LogP contribution < -0.4 is 5.32 Å². The number of carbonyl (C=O) groups excluding carboxylic acids is 1. The minimum Gasteiger partial charge on any atom is -0.354 e. The maximum Gasteiger partial charge on any atom is 0.226 e. The third-order valence-electron chi connectivity index (χ3n) is 3.82. The first-order valence-corrected chi connectivity index (χ1v) is 8.80. The van der Waals surface area contributed by atoms with Gasteiger partial charge in [0.15, 0.2) is 0 Å². The Bertz CT molecular complexity index is 634. The Hall–Kier alpha value is -1.72. The maximum absolute atomic E-state index is 12.2. The molecule has 23 heavy (non-hydrogen) atoms. The summed E-state index contributed by atoms with van der Waals surface area (Å²) in [5.41, 5.74) is 3.31. The van der Waals surface area contributed by atoms with E-state index in [1.807, 2.05) is 19.5 Å². The Morgan fingerprint density at radius 1 is 1.30 bits per heavy atom. The van der Waals surface area contributed by atoms with Crippen molar-refractivity contribution in [1.29, 1.82) is 0 Å². The van der Waals surface area contributed by atoms with Crippen molar-refractivity contribution in [3.63, 3.8) is 0 Å². The fourth-order valence-electron chi connectivity index (χ4n) is 2.42. The molecular weight excluding hydrogens is 306 g/mol. The molecule has 0 radical (unpaired) electrons. The molecule has 1 heterocycles. The molecule has 0 aliphatic rings. The van der Waals surface area contributed by atoms with Gasteiger partial charge in [0.1, 0.15) is 0 Å². The van der Waals surface area contributed by atoms with Crippen LogP contribution in [0.5, 0.6) is 0 Å². The van der Waals surface area contributed by atoms with Crippen LogP contribution in [-0.4, -0.2) is 36.4 Å². The van der Waals surface area contributed by atoms with E-state index in [1.54, 1.807) is 11.3 Å². The lowest BCUT2D eigenvalue weighted by molar-refractivity contribution is -0.120. The standard InChI is InChI=1S/C18H25N3OS/c1-5-18-20-15(12-23-18)10-17(22)19-11-16(21(3)4)14-8-6-13(2)7-9-14/h6-9,12,16H,5,10-11H2,1-4H3,(H,19,22). The van der Waals surface area contributed by atoms with Crippen LogP contribution in [0.1, 0.15) is 34.8 Å². The Morgan fingerprint density at radius 2 is 2.00 bits per heavy atom. The molecule has 1 N–H and O–H groups in total. The molecule has 124 valence electrons. The van der Waals surface area contributed by atoms with E-state index in [0.29, 0.717) is 13.0 Å². The van der Waals surface area contributed by atoms with E-state index >= 15 is 0 Å². The molecule has 2 rings (SSSR count). The van der Waals surface area contributed by atoms with E-state index in [0.717, 1.165) is 17.1 Å². The Kier molecular flexibility index (Phi) is 6.30. The van der Waals surface area contributed by atoms with Crippen molar-refractivity contribution in [2.24, 2.45) is 0 Å². The van der Waals surface area contributed by atoms with Crippen molar-refractivity contribution in [1.82, 2.24) is 15.2 Å². The van der Waals surface area contributed by atoms with E-state index < -0.39 is 0 Å². The number of aryl methyl sites for hydroxylation is 2. The van der Waals surface area contributed by atoms with Crippen LogP contribution in [0.15, 0.2) is 29.6 Å². The molecular formula is C18H25N3OS. The fourth-order valence-corrected chi connectivity index (χ4v) is 3.16. The molecule has 0 aliphatic carbocycles. The third kappa shape index (κ3) is 5.15. The minimum absolute atomic E-state index is 0.0249. The van der Waals surface area contributed by atoms with Gasteiger partial charge in [0.05, 0.1) is 23.2 Å². The number of rotatable bonds is 7. The lowest BCUT2D eigenvalue weighted by atomic mass is 10.0.